The summed E-state index contributed by atoms with van der Waals surface area (Å²) in [5, 5.41) is 0. The van der Waals surface area contributed by atoms with Crippen molar-refractivity contribution in [3.8, 4) is 0 Å². The molecule has 2 rings (SSSR count). The van der Waals surface area contributed by atoms with Crippen LogP contribution in [0, 0.1) is 0 Å². The molecule has 0 spiro atoms. The van der Waals surface area contributed by atoms with Gasteiger partial charge in [0.25, 0.3) is 0 Å². The third kappa shape index (κ3) is 0.993. The summed E-state index contributed by atoms with van der Waals surface area (Å²) in [6, 6.07) is 3.89. The van der Waals surface area contributed by atoms with Crippen LogP contribution < -0.4 is 0 Å². The highest BCUT2D eigenvalue weighted by Gasteiger charge is 2.41. The highest BCUT2D eigenvalue weighted by atomic mass is 32.1. The van der Waals surface area contributed by atoms with Gasteiger partial charge in [-0.1, -0.05) is 0 Å². The second-order valence-electron chi connectivity index (χ2n) is 2.91. The maximum Gasteiger partial charge on any atom is 0.115 e. The first kappa shape index (κ1) is 7.25. The number of furan rings is 1. The maximum atomic E-state index is 5.30. The topological polar surface area (TPSA) is 22.4 Å². The van der Waals surface area contributed by atoms with E-state index < -0.39 is 0 Å². The van der Waals surface area contributed by atoms with Crippen molar-refractivity contribution in [1.29, 1.82) is 0 Å². The van der Waals surface area contributed by atoms with Gasteiger partial charge in [-0.05, 0) is 12.1 Å². The predicted molar refractivity (Wildman–Crippen MR) is 45.1 cm³/mol. The van der Waals surface area contributed by atoms with E-state index in [9.17, 15) is 0 Å². The van der Waals surface area contributed by atoms with E-state index in [1.807, 2.05) is 12.1 Å². The van der Waals surface area contributed by atoms with Crippen molar-refractivity contribution < 1.29 is 9.15 Å². The SMILES string of the molecule is SCC1(c2ccco2)COC1. The van der Waals surface area contributed by atoms with Crippen LogP contribution in [0.15, 0.2) is 22.8 Å². The van der Waals surface area contributed by atoms with Crippen LogP contribution in [0.3, 0.4) is 0 Å². The maximum absolute atomic E-state index is 5.30. The van der Waals surface area contributed by atoms with Crippen molar-refractivity contribution in [2.45, 2.75) is 5.41 Å². The molecule has 0 aliphatic carbocycles. The molecule has 11 heavy (non-hydrogen) atoms. The number of ether oxygens (including phenoxy) is 1. The Morgan fingerprint density at radius 2 is 2.36 bits per heavy atom. The quantitative estimate of drug-likeness (QED) is 0.679. The molecule has 1 aliphatic rings. The molecule has 1 aromatic heterocycles. The van der Waals surface area contributed by atoms with Gasteiger partial charge >= 0.3 is 0 Å². The molecule has 2 nitrogen and oxygen atoms in total. The van der Waals surface area contributed by atoms with Crippen LogP contribution in [0.4, 0.5) is 0 Å². The third-order valence-corrected chi connectivity index (χ3v) is 2.71. The molecule has 1 aromatic rings. The first-order valence-electron chi connectivity index (χ1n) is 3.60. The molecule has 0 radical (unpaired) electrons. The van der Waals surface area contributed by atoms with Crippen LogP contribution in [0.2, 0.25) is 0 Å². The summed E-state index contributed by atoms with van der Waals surface area (Å²) in [7, 11) is 0. The van der Waals surface area contributed by atoms with Gasteiger partial charge in [-0.15, -0.1) is 0 Å². The molecule has 2 heterocycles. The number of rotatable bonds is 2. The van der Waals surface area contributed by atoms with Crippen LogP contribution in [-0.4, -0.2) is 19.0 Å². The van der Waals surface area contributed by atoms with E-state index >= 15 is 0 Å². The zero-order valence-corrected chi connectivity index (χ0v) is 7.01. The van der Waals surface area contributed by atoms with Gasteiger partial charge in [0.15, 0.2) is 0 Å². The Balaban J connectivity index is 2.25. The van der Waals surface area contributed by atoms with Crippen LogP contribution >= 0.6 is 12.6 Å². The molecule has 1 aliphatic heterocycles. The molecule has 0 amide bonds. The zero-order chi connectivity index (χ0) is 7.73. The summed E-state index contributed by atoms with van der Waals surface area (Å²) < 4.78 is 10.4. The minimum Gasteiger partial charge on any atom is -0.469 e. The standard InChI is InChI=1S/C8H10O2S/c11-6-8(4-9-5-8)7-2-1-3-10-7/h1-3,11H,4-6H2. The smallest absolute Gasteiger partial charge is 0.115 e. The van der Waals surface area contributed by atoms with Gasteiger partial charge in [0.2, 0.25) is 0 Å². The van der Waals surface area contributed by atoms with Crippen molar-refractivity contribution in [2.75, 3.05) is 19.0 Å². The summed E-state index contributed by atoms with van der Waals surface area (Å²) in [6.07, 6.45) is 1.69. The first-order valence-corrected chi connectivity index (χ1v) is 4.23. The Morgan fingerprint density at radius 1 is 1.55 bits per heavy atom. The Morgan fingerprint density at radius 3 is 2.73 bits per heavy atom. The minimum atomic E-state index is 0.0621. The van der Waals surface area contributed by atoms with Gasteiger partial charge in [-0.25, -0.2) is 0 Å². The number of thiol groups is 1. The third-order valence-electron chi connectivity index (χ3n) is 2.10. The second kappa shape index (κ2) is 2.57. The zero-order valence-electron chi connectivity index (χ0n) is 6.12. The lowest BCUT2D eigenvalue weighted by Crippen LogP contribution is -2.48. The van der Waals surface area contributed by atoms with E-state index in [4.69, 9.17) is 9.15 Å². The fourth-order valence-electron chi connectivity index (χ4n) is 1.24. The van der Waals surface area contributed by atoms with Gasteiger partial charge in [0, 0.05) is 5.75 Å². The summed E-state index contributed by atoms with van der Waals surface area (Å²) in [6.45, 7) is 1.48. The van der Waals surface area contributed by atoms with E-state index in [-0.39, 0.29) is 5.41 Å². The molecule has 0 aromatic carbocycles. The molecule has 1 fully saturated rings. The molecular formula is C8H10O2S. The summed E-state index contributed by atoms with van der Waals surface area (Å²) in [5.74, 6) is 1.79. The van der Waals surface area contributed by atoms with Gasteiger partial charge in [0.05, 0.1) is 24.9 Å². The van der Waals surface area contributed by atoms with Crippen LogP contribution in [0.25, 0.3) is 0 Å². The molecule has 1 saturated heterocycles. The average molecular weight is 170 g/mol. The highest BCUT2D eigenvalue weighted by molar-refractivity contribution is 7.80. The number of hydrogen-bond donors (Lipinski definition) is 1. The van der Waals surface area contributed by atoms with Crippen LogP contribution in [0.1, 0.15) is 5.76 Å². The lowest BCUT2D eigenvalue weighted by Gasteiger charge is -2.38. The Hall–Kier alpha value is -0.410. The molecule has 0 atom stereocenters. The molecule has 60 valence electrons. The lowest BCUT2D eigenvalue weighted by molar-refractivity contribution is -0.0568. The Kier molecular flexibility index (Phi) is 1.69. The first-order chi connectivity index (χ1) is 5.37. The summed E-state index contributed by atoms with van der Waals surface area (Å²) in [5.41, 5.74) is 0.0621. The minimum absolute atomic E-state index is 0.0621. The van der Waals surface area contributed by atoms with E-state index in [0.717, 1.165) is 24.7 Å². The monoisotopic (exact) mass is 170 g/mol. The molecule has 3 heteroatoms. The van der Waals surface area contributed by atoms with Crippen molar-refractivity contribution in [3.63, 3.8) is 0 Å². The van der Waals surface area contributed by atoms with Crippen LogP contribution in [-0.2, 0) is 10.2 Å². The second-order valence-corrected chi connectivity index (χ2v) is 3.22. The normalized spacial score (nSPS) is 21.2. The summed E-state index contributed by atoms with van der Waals surface area (Å²) in [4.78, 5) is 0. The Bertz CT molecular complexity index is 221. The van der Waals surface area contributed by atoms with Crippen molar-refractivity contribution in [2.24, 2.45) is 0 Å². The van der Waals surface area contributed by atoms with E-state index in [0.29, 0.717) is 0 Å². The summed E-state index contributed by atoms with van der Waals surface area (Å²) >= 11 is 4.28. The molecule has 0 unspecified atom stereocenters. The largest absolute Gasteiger partial charge is 0.469 e. The molecule has 0 bridgehead atoms. The lowest BCUT2D eigenvalue weighted by atomic mass is 9.85. The van der Waals surface area contributed by atoms with Crippen molar-refractivity contribution in [1.82, 2.24) is 0 Å². The molecule has 0 saturated carbocycles. The van der Waals surface area contributed by atoms with Crippen LogP contribution in [0.5, 0.6) is 0 Å². The molecule has 0 N–H and O–H groups in total. The van der Waals surface area contributed by atoms with E-state index in [1.165, 1.54) is 0 Å². The fourth-order valence-corrected chi connectivity index (χ4v) is 1.58. The van der Waals surface area contributed by atoms with Gasteiger partial charge < -0.3 is 9.15 Å². The van der Waals surface area contributed by atoms with Crippen molar-refractivity contribution >= 4 is 12.6 Å². The number of hydrogen-bond acceptors (Lipinski definition) is 3. The van der Waals surface area contributed by atoms with E-state index in [1.54, 1.807) is 6.26 Å². The van der Waals surface area contributed by atoms with Crippen molar-refractivity contribution in [3.05, 3.63) is 24.2 Å². The molecular weight excluding hydrogens is 160 g/mol. The average Bonchev–Trinajstić information content (AvgIpc) is 2.39. The predicted octanol–water partition coefficient (Wildman–Crippen LogP) is 1.48. The Labute approximate surface area is 70.9 Å². The van der Waals surface area contributed by atoms with Gasteiger partial charge in [-0.2, -0.15) is 12.6 Å². The highest BCUT2D eigenvalue weighted by Crippen LogP contribution is 2.33. The fraction of sp³-hybridized carbons (Fsp3) is 0.500. The van der Waals surface area contributed by atoms with E-state index in [2.05, 4.69) is 12.6 Å². The van der Waals surface area contributed by atoms with Gasteiger partial charge in [0.1, 0.15) is 5.76 Å². The van der Waals surface area contributed by atoms with Gasteiger partial charge in [-0.3, -0.25) is 0 Å².